The Bertz CT molecular complexity index is 260. The number of rotatable bonds is 5. The van der Waals surface area contributed by atoms with Crippen LogP contribution in [0, 0.1) is 0 Å². The molecule has 0 heterocycles. The third-order valence-corrected chi connectivity index (χ3v) is 4.31. The maximum Gasteiger partial charge on any atom is 0.375 e. The first-order chi connectivity index (χ1) is 6.54. The van der Waals surface area contributed by atoms with Crippen LogP contribution in [0.25, 0.3) is 0 Å². The van der Waals surface area contributed by atoms with Crippen molar-refractivity contribution in [1.82, 2.24) is 5.09 Å². The van der Waals surface area contributed by atoms with Crippen molar-refractivity contribution >= 4 is 30.1 Å². The van der Waals surface area contributed by atoms with Crippen LogP contribution in [0.3, 0.4) is 0 Å². The van der Waals surface area contributed by atoms with Gasteiger partial charge in [0.25, 0.3) is 6.64 Å². The smallest absolute Gasteiger partial charge is 0.321 e. The summed E-state index contributed by atoms with van der Waals surface area (Å²) in [4.78, 5) is 0. The highest BCUT2D eigenvalue weighted by atomic mass is 35.5. The Morgan fingerprint density at radius 2 is 1.87 bits per heavy atom. The fraction of sp³-hybridized carbons (Fsp3) is 1.00. The highest BCUT2D eigenvalue weighted by molar-refractivity contribution is 8.09. The van der Waals surface area contributed by atoms with Gasteiger partial charge in [0.1, 0.15) is 5.88 Å². The summed E-state index contributed by atoms with van der Waals surface area (Å²) in [6, 6.07) is 0. The van der Waals surface area contributed by atoms with Crippen molar-refractivity contribution in [2.24, 2.45) is 0 Å². The zero-order chi connectivity index (χ0) is 12.3. The molecule has 0 fully saturated rings. The van der Waals surface area contributed by atoms with Crippen LogP contribution < -0.4 is 5.09 Å². The Morgan fingerprint density at radius 1 is 1.40 bits per heavy atom. The predicted molar refractivity (Wildman–Crippen MR) is 60.9 cm³/mol. The molecule has 8 heteroatoms. The number of alkyl halides is 3. The fourth-order valence-corrected chi connectivity index (χ4v) is 3.45. The zero-order valence-corrected chi connectivity index (χ0v) is 11.5. The van der Waals surface area contributed by atoms with E-state index < -0.39 is 24.2 Å². The maximum atomic E-state index is 12.9. The van der Waals surface area contributed by atoms with Crippen molar-refractivity contribution < 1.29 is 17.8 Å². The van der Waals surface area contributed by atoms with Gasteiger partial charge in [0.05, 0.1) is 0 Å². The van der Waals surface area contributed by atoms with Gasteiger partial charge in [-0.3, -0.25) is 4.52 Å². The Kier molecular flexibility index (Phi) is 5.58. The molecule has 0 aromatic heterocycles. The summed E-state index contributed by atoms with van der Waals surface area (Å²) in [6.07, 6.45) is -3.48. The standard InChI is InChI=1S/C7H15ClF2NO2PS/c1-6(2,3)11-14(15,12-4)13-7(9,10)5-8/h5H2,1-4H3,(H,11,15). The van der Waals surface area contributed by atoms with Crippen LogP contribution in [0.15, 0.2) is 0 Å². The van der Waals surface area contributed by atoms with Gasteiger partial charge < -0.3 is 4.52 Å². The molecular formula is C7H15ClF2NO2PS. The number of halogens is 3. The Hall–Kier alpha value is 0.680. The molecule has 3 nitrogen and oxygen atoms in total. The summed E-state index contributed by atoms with van der Waals surface area (Å²) in [5.41, 5.74) is -0.478. The van der Waals surface area contributed by atoms with E-state index in [0.717, 1.165) is 0 Å². The third kappa shape index (κ3) is 6.76. The molecule has 0 radical (unpaired) electrons. The van der Waals surface area contributed by atoms with E-state index in [-0.39, 0.29) is 0 Å². The average molecular weight is 282 g/mol. The van der Waals surface area contributed by atoms with Crippen molar-refractivity contribution in [2.45, 2.75) is 32.4 Å². The van der Waals surface area contributed by atoms with Crippen LogP contribution in [-0.4, -0.2) is 24.6 Å². The molecule has 0 bridgehead atoms. The SMILES string of the molecule is COP(=S)(NC(C)(C)C)OC(F)(F)CCl. The second kappa shape index (κ2) is 5.34. The predicted octanol–water partition coefficient (Wildman–Crippen LogP) is 3.09. The normalized spacial score (nSPS) is 17.5. The second-order valence-electron chi connectivity index (χ2n) is 3.90. The van der Waals surface area contributed by atoms with E-state index in [0.29, 0.717) is 0 Å². The molecule has 1 N–H and O–H groups in total. The summed E-state index contributed by atoms with van der Waals surface area (Å²) in [5.74, 6) is -0.958. The van der Waals surface area contributed by atoms with Gasteiger partial charge >= 0.3 is 6.11 Å². The van der Waals surface area contributed by atoms with E-state index in [4.69, 9.17) is 27.9 Å². The molecule has 0 saturated carbocycles. The molecule has 0 saturated heterocycles. The van der Waals surface area contributed by atoms with Crippen molar-refractivity contribution in [3.05, 3.63) is 0 Å². The van der Waals surface area contributed by atoms with Gasteiger partial charge in [-0.05, 0) is 32.6 Å². The Balaban J connectivity index is 4.67. The highest BCUT2D eigenvalue weighted by Crippen LogP contribution is 2.50. The van der Waals surface area contributed by atoms with Gasteiger partial charge in [0.2, 0.25) is 0 Å². The number of hydrogen-bond donors (Lipinski definition) is 1. The molecule has 0 rings (SSSR count). The van der Waals surface area contributed by atoms with Gasteiger partial charge in [0, 0.05) is 12.6 Å². The molecule has 0 spiro atoms. The molecule has 0 amide bonds. The maximum absolute atomic E-state index is 12.9. The van der Waals surface area contributed by atoms with Gasteiger partial charge in [-0.2, -0.15) is 8.78 Å². The average Bonchev–Trinajstić information content (AvgIpc) is 2.00. The molecule has 0 aromatic rings. The summed E-state index contributed by atoms with van der Waals surface area (Å²) in [5, 5.41) is 2.72. The minimum atomic E-state index is -3.48. The van der Waals surface area contributed by atoms with Crippen LogP contribution in [0.4, 0.5) is 8.78 Å². The largest absolute Gasteiger partial charge is 0.375 e. The molecule has 0 aliphatic rings. The van der Waals surface area contributed by atoms with Crippen LogP contribution in [0.1, 0.15) is 20.8 Å². The third-order valence-electron chi connectivity index (χ3n) is 1.12. The van der Waals surface area contributed by atoms with E-state index in [1.807, 2.05) is 0 Å². The van der Waals surface area contributed by atoms with Crippen LogP contribution >= 0.6 is 18.2 Å². The first-order valence-corrected chi connectivity index (χ1v) is 7.31. The lowest BCUT2D eigenvalue weighted by molar-refractivity contribution is -0.157. The van der Waals surface area contributed by atoms with E-state index in [1.54, 1.807) is 20.8 Å². The number of hydrogen-bond acceptors (Lipinski definition) is 3. The summed E-state index contributed by atoms with van der Waals surface area (Å²) in [7, 11) is 1.23. The molecule has 15 heavy (non-hydrogen) atoms. The zero-order valence-electron chi connectivity index (χ0n) is 9.01. The minimum absolute atomic E-state index is 0.478. The van der Waals surface area contributed by atoms with Crippen molar-refractivity contribution in [1.29, 1.82) is 0 Å². The van der Waals surface area contributed by atoms with Crippen molar-refractivity contribution in [3.8, 4) is 0 Å². The molecule has 1 unspecified atom stereocenters. The first kappa shape index (κ1) is 15.7. The molecule has 92 valence electrons. The number of nitrogens with one attached hydrogen (secondary N) is 1. The molecule has 0 aromatic carbocycles. The van der Waals surface area contributed by atoms with Crippen LogP contribution in [-0.2, 0) is 20.9 Å². The quantitative estimate of drug-likeness (QED) is 0.620. The van der Waals surface area contributed by atoms with E-state index in [1.165, 1.54) is 7.11 Å². The minimum Gasteiger partial charge on any atom is -0.321 e. The Morgan fingerprint density at radius 3 is 2.13 bits per heavy atom. The summed E-state index contributed by atoms with van der Waals surface area (Å²) in [6.45, 7) is 2.11. The Labute approximate surface area is 98.7 Å². The van der Waals surface area contributed by atoms with Crippen molar-refractivity contribution in [2.75, 3.05) is 13.0 Å². The highest BCUT2D eigenvalue weighted by Gasteiger charge is 2.38. The molecule has 0 aliphatic heterocycles. The molecule has 0 aliphatic carbocycles. The molecular weight excluding hydrogens is 267 g/mol. The van der Waals surface area contributed by atoms with Gasteiger partial charge in [0.15, 0.2) is 0 Å². The van der Waals surface area contributed by atoms with Crippen LogP contribution in [0.2, 0.25) is 0 Å². The van der Waals surface area contributed by atoms with E-state index in [2.05, 4.69) is 9.61 Å². The lowest BCUT2D eigenvalue weighted by Gasteiger charge is -2.31. The lowest BCUT2D eigenvalue weighted by atomic mass is 10.1. The fourth-order valence-electron chi connectivity index (χ4n) is 0.717. The van der Waals surface area contributed by atoms with E-state index >= 15 is 0 Å². The summed E-state index contributed by atoms with van der Waals surface area (Å²) < 4.78 is 35.0. The lowest BCUT2D eigenvalue weighted by Crippen LogP contribution is -2.36. The van der Waals surface area contributed by atoms with Gasteiger partial charge in [-0.1, -0.05) is 0 Å². The van der Waals surface area contributed by atoms with Gasteiger partial charge in [-0.15, -0.1) is 11.6 Å². The van der Waals surface area contributed by atoms with Crippen LogP contribution in [0.5, 0.6) is 0 Å². The first-order valence-electron chi connectivity index (χ1n) is 4.13. The molecule has 1 atom stereocenters. The second-order valence-corrected chi connectivity index (χ2v) is 7.38. The monoisotopic (exact) mass is 281 g/mol. The van der Waals surface area contributed by atoms with E-state index in [9.17, 15) is 8.78 Å². The topological polar surface area (TPSA) is 30.5 Å². The van der Waals surface area contributed by atoms with Crippen molar-refractivity contribution in [3.63, 3.8) is 0 Å². The summed E-state index contributed by atoms with van der Waals surface area (Å²) >= 11 is 9.92. The van der Waals surface area contributed by atoms with Gasteiger partial charge in [-0.25, -0.2) is 5.09 Å².